The van der Waals surface area contributed by atoms with E-state index in [1.54, 1.807) is 0 Å². The molecule has 0 saturated heterocycles. The van der Waals surface area contributed by atoms with Crippen LogP contribution in [0.1, 0.15) is 85.5 Å². The molecule has 0 aromatic heterocycles. The summed E-state index contributed by atoms with van der Waals surface area (Å²) in [5, 5.41) is 0. The third-order valence-corrected chi connectivity index (χ3v) is 12.2. The van der Waals surface area contributed by atoms with Crippen LogP contribution in [-0.4, -0.2) is 8.07 Å². The molecule has 0 bridgehead atoms. The molecule has 18 heavy (non-hydrogen) atoms. The predicted octanol–water partition coefficient (Wildman–Crippen LogP) is 6.52. The summed E-state index contributed by atoms with van der Waals surface area (Å²) in [7, 11) is -1.10. The highest BCUT2D eigenvalue weighted by molar-refractivity contribution is 6.86. The van der Waals surface area contributed by atoms with E-state index < -0.39 is 8.07 Å². The second kappa shape index (κ2) is 8.40. The van der Waals surface area contributed by atoms with Crippen molar-refractivity contribution in [3.05, 3.63) is 5.54 Å². The minimum absolute atomic E-state index is 0.949. The van der Waals surface area contributed by atoms with Gasteiger partial charge in [0.1, 0.15) is 0 Å². The zero-order valence-corrected chi connectivity index (χ0v) is 14.4. The van der Waals surface area contributed by atoms with Crippen LogP contribution < -0.4 is 0 Å². The maximum absolute atomic E-state index is 2.51. The normalized spacial score (nSPS) is 21.2. The monoisotopic (exact) mass is 267 g/mol. The summed E-state index contributed by atoms with van der Waals surface area (Å²) < 4.78 is 0. The lowest BCUT2D eigenvalue weighted by Gasteiger charge is -2.41. The molecule has 0 amide bonds. The molecular formula is C17H35Si. The van der Waals surface area contributed by atoms with Gasteiger partial charge in [0.2, 0.25) is 0 Å². The van der Waals surface area contributed by atoms with Gasteiger partial charge in [-0.25, -0.2) is 0 Å². The smallest absolute Gasteiger partial charge is 0.0620 e. The minimum atomic E-state index is -1.10. The van der Waals surface area contributed by atoms with Gasteiger partial charge in [0.25, 0.3) is 0 Å². The van der Waals surface area contributed by atoms with Gasteiger partial charge in [-0.15, -0.1) is 0 Å². The fraction of sp³-hybridized carbons (Fsp3) is 0.941. The van der Waals surface area contributed by atoms with Gasteiger partial charge < -0.3 is 0 Å². The maximum atomic E-state index is 2.51. The molecule has 107 valence electrons. The van der Waals surface area contributed by atoms with E-state index in [0.29, 0.717) is 0 Å². The molecule has 0 spiro atoms. The molecule has 0 atom stereocenters. The number of hydrogen-bond donors (Lipinski definition) is 0. The van der Waals surface area contributed by atoms with E-state index in [1.807, 2.05) is 0 Å². The van der Waals surface area contributed by atoms with Crippen LogP contribution in [0, 0.1) is 5.54 Å². The van der Waals surface area contributed by atoms with E-state index in [2.05, 4.69) is 33.2 Å². The Balaban J connectivity index is 2.71. The molecule has 1 radical (unpaired) electrons. The molecule has 0 N–H and O–H groups in total. The largest absolute Gasteiger partial charge is 0.0677 e. The van der Waals surface area contributed by atoms with Crippen molar-refractivity contribution in [3.63, 3.8) is 0 Å². The maximum Gasteiger partial charge on any atom is 0.0620 e. The van der Waals surface area contributed by atoms with Gasteiger partial charge in [-0.3, -0.25) is 0 Å². The first-order chi connectivity index (χ1) is 8.67. The molecule has 0 aromatic carbocycles. The summed E-state index contributed by atoms with van der Waals surface area (Å²) in [5.41, 5.74) is 3.01. The fourth-order valence-corrected chi connectivity index (χ4v) is 9.46. The molecule has 0 heterocycles. The Labute approximate surface area is 117 Å². The summed E-state index contributed by atoms with van der Waals surface area (Å²) in [6, 6.07) is 2.97. The van der Waals surface area contributed by atoms with Crippen LogP contribution in [0.25, 0.3) is 0 Å². The van der Waals surface area contributed by atoms with Gasteiger partial charge in [-0.2, -0.15) is 0 Å². The van der Waals surface area contributed by atoms with Crippen LogP contribution in [0.15, 0.2) is 0 Å². The lowest BCUT2D eigenvalue weighted by atomic mass is 10.0. The number of hydrogen-bond acceptors (Lipinski definition) is 0. The van der Waals surface area contributed by atoms with Gasteiger partial charge in [0.05, 0.1) is 8.07 Å². The van der Waals surface area contributed by atoms with Crippen LogP contribution in [0.3, 0.4) is 0 Å². The first-order valence-corrected chi connectivity index (χ1v) is 11.0. The molecule has 1 heteroatoms. The molecule has 0 aromatic rings. The molecule has 0 unspecified atom stereocenters. The van der Waals surface area contributed by atoms with Crippen molar-refractivity contribution in [2.45, 2.75) is 103 Å². The highest BCUT2D eigenvalue weighted by Gasteiger charge is 2.40. The summed E-state index contributed by atoms with van der Waals surface area (Å²) in [6.07, 6.45) is 13.4. The molecule has 1 saturated carbocycles. The summed E-state index contributed by atoms with van der Waals surface area (Å²) in [6.45, 7) is 9.96. The Morgan fingerprint density at radius 3 is 1.50 bits per heavy atom. The van der Waals surface area contributed by atoms with Gasteiger partial charge in [-0.1, -0.05) is 90.3 Å². The summed E-state index contributed by atoms with van der Waals surface area (Å²) >= 11 is 0. The van der Waals surface area contributed by atoms with E-state index in [0.717, 1.165) is 5.54 Å². The van der Waals surface area contributed by atoms with E-state index >= 15 is 0 Å². The Morgan fingerprint density at radius 2 is 1.17 bits per heavy atom. The van der Waals surface area contributed by atoms with E-state index in [9.17, 15) is 0 Å². The molecule has 1 aliphatic carbocycles. The van der Waals surface area contributed by atoms with Crippen LogP contribution in [0.4, 0.5) is 0 Å². The molecule has 1 aliphatic rings. The van der Waals surface area contributed by atoms with Gasteiger partial charge >= 0.3 is 0 Å². The SMILES string of the molecule is CC[Si](CC)([C]1CCCCCCCCC1)C(C)C. The lowest BCUT2D eigenvalue weighted by Crippen LogP contribution is -2.43. The van der Waals surface area contributed by atoms with Gasteiger partial charge in [0, 0.05) is 0 Å². The quantitative estimate of drug-likeness (QED) is 0.508. The molecule has 1 fully saturated rings. The lowest BCUT2D eigenvalue weighted by molar-refractivity contribution is 0.535. The van der Waals surface area contributed by atoms with Crippen molar-refractivity contribution >= 4 is 8.07 Å². The second-order valence-corrected chi connectivity index (χ2v) is 12.2. The second-order valence-electron chi connectivity index (χ2n) is 6.60. The molecular weight excluding hydrogens is 232 g/mol. The third kappa shape index (κ3) is 4.11. The van der Waals surface area contributed by atoms with Crippen molar-refractivity contribution < 1.29 is 0 Å². The minimum Gasteiger partial charge on any atom is -0.0677 e. The van der Waals surface area contributed by atoms with Crippen LogP contribution in [0.5, 0.6) is 0 Å². The van der Waals surface area contributed by atoms with Crippen molar-refractivity contribution in [2.24, 2.45) is 0 Å². The van der Waals surface area contributed by atoms with Crippen molar-refractivity contribution in [1.29, 1.82) is 0 Å². The fourth-order valence-electron chi connectivity index (χ4n) is 4.16. The van der Waals surface area contributed by atoms with E-state index in [1.165, 1.54) is 69.9 Å². The topological polar surface area (TPSA) is 0 Å². The molecule has 1 rings (SSSR count). The highest BCUT2D eigenvalue weighted by Crippen LogP contribution is 2.42. The first-order valence-electron chi connectivity index (χ1n) is 8.52. The highest BCUT2D eigenvalue weighted by atomic mass is 28.3. The zero-order chi connectivity index (χ0) is 13.4. The Bertz CT molecular complexity index is 196. The van der Waals surface area contributed by atoms with Crippen molar-refractivity contribution in [1.82, 2.24) is 0 Å². The first kappa shape index (κ1) is 16.3. The predicted molar refractivity (Wildman–Crippen MR) is 86.6 cm³/mol. The molecule has 0 nitrogen and oxygen atoms in total. The Morgan fingerprint density at radius 1 is 0.778 bits per heavy atom. The van der Waals surface area contributed by atoms with Crippen LogP contribution >= 0.6 is 0 Å². The zero-order valence-electron chi connectivity index (χ0n) is 13.4. The summed E-state index contributed by atoms with van der Waals surface area (Å²) in [4.78, 5) is 0. The number of rotatable bonds is 4. The molecule has 0 aliphatic heterocycles. The van der Waals surface area contributed by atoms with Crippen molar-refractivity contribution in [3.8, 4) is 0 Å². The van der Waals surface area contributed by atoms with Crippen molar-refractivity contribution in [2.75, 3.05) is 0 Å². The average molecular weight is 268 g/mol. The average Bonchev–Trinajstić information content (AvgIpc) is 2.38. The Kier molecular flexibility index (Phi) is 7.59. The van der Waals surface area contributed by atoms with Gasteiger partial charge in [-0.05, 0) is 18.4 Å². The van der Waals surface area contributed by atoms with E-state index in [-0.39, 0.29) is 0 Å². The van der Waals surface area contributed by atoms with Crippen LogP contribution in [0.2, 0.25) is 17.6 Å². The van der Waals surface area contributed by atoms with Gasteiger partial charge in [0.15, 0.2) is 0 Å². The van der Waals surface area contributed by atoms with E-state index in [4.69, 9.17) is 0 Å². The Hall–Kier alpha value is 0.217. The standard InChI is InChI=1S/C17H35Si/c1-5-18(6-2,16(3)4)17-14-12-10-8-7-9-11-13-15-17/h16H,5-15H2,1-4H3. The third-order valence-electron chi connectivity index (χ3n) is 5.53. The van der Waals surface area contributed by atoms with Crippen LogP contribution in [-0.2, 0) is 0 Å². The summed E-state index contributed by atoms with van der Waals surface area (Å²) in [5.74, 6) is 0.